The van der Waals surface area contributed by atoms with E-state index in [1.807, 2.05) is 24.3 Å². The van der Waals surface area contributed by atoms with Crippen LogP contribution in [-0.2, 0) is 22.6 Å². The van der Waals surface area contributed by atoms with Gasteiger partial charge in [-0.15, -0.1) is 0 Å². The van der Waals surface area contributed by atoms with Gasteiger partial charge in [-0.2, -0.15) is 0 Å². The van der Waals surface area contributed by atoms with Crippen molar-refractivity contribution in [1.82, 2.24) is 20.2 Å². The molecule has 1 saturated heterocycles. The van der Waals surface area contributed by atoms with Gasteiger partial charge >= 0.3 is 0 Å². The van der Waals surface area contributed by atoms with E-state index in [-0.39, 0.29) is 18.4 Å². The largest absolute Gasteiger partial charge is 0.378 e. The van der Waals surface area contributed by atoms with Crippen LogP contribution in [0.2, 0.25) is 0 Å². The summed E-state index contributed by atoms with van der Waals surface area (Å²) in [4.78, 5) is 37.1. The number of aromatic nitrogens is 2. The summed E-state index contributed by atoms with van der Waals surface area (Å²) in [7, 11) is 0. The Morgan fingerprint density at radius 2 is 2.07 bits per heavy atom. The maximum atomic E-state index is 12.7. The molecule has 4 heterocycles. The molecule has 2 aromatic heterocycles. The number of carbonyl (C=O) groups is 2. The van der Waals surface area contributed by atoms with Crippen molar-refractivity contribution in [3.63, 3.8) is 0 Å². The van der Waals surface area contributed by atoms with Gasteiger partial charge in [0.05, 0.1) is 13.2 Å². The number of morpholine rings is 1. The van der Waals surface area contributed by atoms with Crippen molar-refractivity contribution in [2.24, 2.45) is 0 Å². The summed E-state index contributed by atoms with van der Waals surface area (Å²) in [6, 6.07) is 7.57. The molecule has 0 bridgehead atoms. The van der Waals surface area contributed by atoms with E-state index in [0.717, 1.165) is 30.0 Å². The summed E-state index contributed by atoms with van der Waals surface area (Å²) in [6.07, 6.45) is 3.39. The van der Waals surface area contributed by atoms with E-state index >= 15 is 0 Å². The molecule has 0 radical (unpaired) electrons. The zero-order valence-electron chi connectivity index (χ0n) is 14.9. The van der Waals surface area contributed by atoms with Crippen molar-refractivity contribution >= 4 is 17.6 Å². The minimum absolute atomic E-state index is 0.0162. The van der Waals surface area contributed by atoms with E-state index in [9.17, 15) is 9.59 Å². The van der Waals surface area contributed by atoms with Gasteiger partial charge in [-0.05, 0) is 17.7 Å². The first kappa shape index (κ1) is 17.4. The summed E-state index contributed by atoms with van der Waals surface area (Å²) in [5.41, 5.74) is 2.22. The van der Waals surface area contributed by atoms with Gasteiger partial charge in [0, 0.05) is 44.1 Å². The standard InChI is InChI=1S/C19H21N5O3/c25-17(21-11-14-2-1-5-20-10-14)13-24-12-15-3-4-16(22-18(15)19(24)26)23-6-8-27-9-7-23/h1-5,10H,6-9,11-13H2,(H,21,25). The van der Waals surface area contributed by atoms with Crippen LogP contribution < -0.4 is 10.2 Å². The Balaban J connectivity index is 1.37. The monoisotopic (exact) mass is 367 g/mol. The van der Waals surface area contributed by atoms with Gasteiger partial charge < -0.3 is 19.9 Å². The molecule has 2 aliphatic heterocycles. The van der Waals surface area contributed by atoms with E-state index in [1.54, 1.807) is 12.4 Å². The molecule has 0 atom stereocenters. The fourth-order valence-electron chi connectivity index (χ4n) is 3.25. The van der Waals surface area contributed by atoms with Crippen molar-refractivity contribution in [2.75, 3.05) is 37.7 Å². The lowest BCUT2D eigenvalue weighted by molar-refractivity contribution is -0.122. The van der Waals surface area contributed by atoms with Crippen LogP contribution in [-0.4, -0.2) is 59.5 Å². The molecule has 1 N–H and O–H groups in total. The Bertz CT molecular complexity index is 836. The molecule has 0 spiro atoms. The highest BCUT2D eigenvalue weighted by molar-refractivity contribution is 5.98. The number of carbonyl (C=O) groups excluding carboxylic acids is 2. The number of rotatable bonds is 5. The van der Waals surface area contributed by atoms with Gasteiger partial charge in [-0.3, -0.25) is 14.6 Å². The highest BCUT2D eigenvalue weighted by Gasteiger charge is 2.31. The maximum absolute atomic E-state index is 12.7. The average molecular weight is 367 g/mol. The van der Waals surface area contributed by atoms with E-state index in [2.05, 4.69) is 20.2 Å². The second-order valence-corrected chi connectivity index (χ2v) is 6.58. The number of nitrogens with zero attached hydrogens (tertiary/aromatic N) is 4. The molecular weight excluding hydrogens is 346 g/mol. The Labute approximate surface area is 157 Å². The molecule has 2 aromatic rings. The molecule has 8 heteroatoms. The lowest BCUT2D eigenvalue weighted by Crippen LogP contribution is -2.37. The van der Waals surface area contributed by atoms with Crippen LogP contribution in [0.3, 0.4) is 0 Å². The van der Waals surface area contributed by atoms with Gasteiger partial charge in [0.15, 0.2) is 0 Å². The number of hydrogen-bond acceptors (Lipinski definition) is 6. The van der Waals surface area contributed by atoms with E-state index < -0.39 is 0 Å². The fourth-order valence-corrected chi connectivity index (χ4v) is 3.25. The lowest BCUT2D eigenvalue weighted by atomic mass is 10.2. The predicted octanol–water partition coefficient (Wildman–Crippen LogP) is 0.585. The summed E-state index contributed by atoms with van der Waals surface area (Å²) >= 11 is 0. The van der Waals surface area contributed by atoms with Crippen molar-refractivity contribution in [3.8, 4) is 0 Å². The van der Waals surface area contributed by atoms with Crippen LogP contribution in [0, 0.1) is 0 Å². The summed E-state index contributed by atoms with van der Waals surface area (Å²) in [5, 5.41) is 2.82. The van der Waals surface area contributed by atoms with E-state index in [1.165, 1.54) is 4.90 Å². The van der Waals surface area contributed by atoms with Gasteiger partial charge in [0.25, 0.3) is 5.91 Å². The molecule has 2 aliphatic rings. The molecule has 27 heavy (non-hydrogen) atoms. The minimum atomic E-state index is -0.201. The van der Waals surface area contributed by atoms with E-state index in [4.69, 9.17) is 4.74 Å². The fraction of sp³-hybridized carbons (Fsp3) is 0.368. The number of amides is 2. The number of fused-ring (bicyclic) bond motifs is 1. The molecule has 2 amide bonds. The van der Waals surface area contributed by atoms with Gasteiger partial charge in [-0.25, -0.2) is 4.98 Å². The van der Waals surface area contributed by atoms with Crippen molar-refractivity contribution in [1.29, 1.82) is 0 Å². The Hall–Kier alpha value is -3.00. The molecule has 8 nitrogen and oxygen atoms in total. The molecule has 0 saturated carbocycles. The highest BCUT2D eigenvalue weighted by Crippen LogP contribution is 2.24. The van der Waals surface area contributed by atoms with Crippen molar-refractivity contribution in [3.05, 3.63) is 53.5 Å². The Morgan fingerprint density at radius 3 is 2.85 bits per heavy atom. The molecular formula is C19H21N5O3. The first-order valence-electron chi connectivity index (χ1n) is 8.98. The maximum Gasteiger partial charge on any atom is 0.273 e. The predicted molar refractivity (Wildman–Crippen MR) is 98.1 cm³/mol. The van der Waals surface area contributed by atoms with Crippen LogP contribution in [0.25, 0.3) is 0 Å². The summed E-state index contributed by atoms with van der Waals surface area (Å²) in [5.74, 6) is 0.387. The van der Waals surface area contributed by atoms with Gasteiger partial charge in [-0.1, -0.05) is 12.1 Å². The zero-order chi connectivity index (χ0) is 18.6. The minimum Gasteiger partial charge on any atom is -0.378 e. The van der Waals surface area contributed by atoms with Crippen LogP contribution >= 0.6 is 0 Å². The number of pyridine rings is 2. The van der Waals surface area contributed by atoms with Crippen molar-refractivity contribution < 1.29 is 14.3 Å². The van der Waals surface area contributed by atoms with Crippen LogP contribution in [0.15, 0.2) is 36.7 Å². The molecule has 4 rings (SSSR count). The SMILES string of the molecule is O=C(CN1Cc2ccc(N3CCOCC3)nc2C1=O)NCc1cccnc1. The zero-order valence-corrected chi connectivity index (χ0v) is 14.9. The Kier molecular flexibility index (Phi) is 4.97. The average Bonchev–Trinajstić information content (AvgIpc) is 3.03. The second-order valence-electron chi connectivity index (χ2n) is 6.58. The third kappa shape index (κ3) is 3.90. The molecule has 140 valence electrons. The third-order valence-corrected chi connectivity index (χ3v) is 4.70. The van der Waals surface area contributed by atoms with E-state index in [0.29, 0.717) is 32.0 Å². The first-order valence-corrected chi connectivity index (χ1v) is 8.98. The van der Waals surface area contributed by atoms with Gasteiger partial charge in [0.2, 0.25) is 5.91 Å². The second kappa shape index (κ2) is 7.71. The van der Waals surface area contributed by atoms with Crippen LogP contribution in [0.1, 0.15) is 21.6 Å². The normalized spacial score (nSPS) is 16.4. The van der Waals surface area contributed by atoms with Crippen LogP contribution in [0.4, 0.5) is 5.82 Å². The van der Waals surface area contributed by atoms with Crippen LogP contribution in [0.5, 0.6) is 0 Å². The number of nitrogens with one attached hydrogen (secondary N) is 1. The molecule has 1 fully saturated rings. The summed E-state index contributed by atoms with van der Waals surface area (Å²) in [6.45, 7) is 3.67. The number of hydrogen-bond donors (Lipinski definition) is 1. The molecule has 0 unspecified atom stereocenters. The molecule has 0 aromatic carbocycles. The number of ether oxygens (including phenoxy) is 1. The van der Waals surface area contributed by atoms with Crippen molar-refractivity contribution in [2.45, 2.75) is 13.1 Å². The number of anilines is 1. The topological polar surface area (TPSA) is 87.7 Å². The smallest absolute Gasteiger partial charge is 0.273 e. The molecule has 0 aliphatic carbocycles. The third-order valence-electron chi connectivity index (χ3n) is 4.70. The summed E-state index contributed by atoms with van der Waals surface area (Å²) < 4.78 is 5.36. The lowest BCUT2D eigenvalue weighted by Gasteiger charge is -2.27. The highest BCUT2D eigenvalue weighted by atomic mass is 16.5. The Morgan fingerprint density at radius 1 is 1.22 bits per heavy atom. The quantitative estimate of drug-likeness (QED) is 0.832. The van der Waals surface area contributed by atoms with Gasteiger partial charge in [0.1, 0.15) is 18.1 Å². The first-order chi connectivity index (χ1) is 13.2.